The van der Waals surface area contributed by atoms with Crippen molar-refractivity contribution in [3.05, 3.63) is 64.5 Å². The number of hydrogen-bond acceptors (Lipinski definition) is 5. The molecule has 0 fully saturated rings. The van der Waals surface area contributed by atoms with E-state index >= 15 is 0 Å². The summed E-state index contributed by atoms with van der Waals surface area (Å²) in [6.45, 7) is 0. The van der Waals surface area contributed by atoms with Gasteiger partial charge in [0.1, 0.15) is 5.69 Å². The zero-order valence-corrected chi connectivity index (χ0v) is 9.35. The van der Waals surface area contributed by atoms with E-state index in [1.807, 2.05) is 6.07 Å². The molecule has 2 aromatic rings. The van der Waals surface area contributed by atoms with Gasteiger partial charge in [0.05, 0.1) is 11.1 Å². The predicted octanol–water partition coefficient (Wildman–Crippen LogP) is 2.44. The Morgan fingerprint density at radius 1 is 1.28 bits per heavy atom. The summed E-state index contributed by atoms with van der Waals surface area (Å²) in [5.41, 5.74) is 3.79. The first-order valence-corrected chi connectivity index (χ1v) is 5.20. The number of aromatic nitrogens is 1. The summed E-state index contributed by atoms with van der Waals surface area (Å²) >= 11 is 0. The quantitative estimate of drug-likeness (QED) is 0.507. The van der Waals surface area contributed by atoms with Gasteiger partial charge in [0.25, 0.3) is 5.69 Å². The van der Waals surface area contributed by atoms with Crippen LogP contribution >= 0.6 is 0 Å². The summed E-state index contributed by atoms with van der Waals surface area (Å²) in [6, 6.07) is 9.94. The SMILES string of the molecule is O=[N+]([O-])c1ccccc1N/N=C\c1cccnc1. The van der Waals surface area contributed by atoms with Crippen molar-refractivity contribution in [2.24, 2.45) is 5.10 Å². The first-order chi connectivity index (χ1) is 8.77. The van der Waals surface area contributed by atoms with Crippen LogP contribution < -0.4 is 5.43 Å². The highest BCUT2D eigenvalue weighted by atomic mass is 16.6. The van der Waals surface area contributed by atoms with Crippen LogP contribution in [0, 0.1) is 10.1 Å². The lowest BCUT2D eigenvalue weighted by molar-refractivity contribution is -0.384. The molecule has 0 amide bonds. The van der Waals surface area contributed by atoms with Crippen LogP contribution in [-0.4, -0.2) is 16.1 Å². The van der Waals surface area contributed by atoms with E-state index < -0.39 is 4.92 Å². The van der Waals surface area contributed by atoms with Crippen LogP contribution in [0.5, 0.6) is 0 Å². The summed E-state index contributed by atoms with van der Waals surface area (Å²) < 4.78 is 0. The van der Waals surface area contributed by atoms with E-state index in [9.17, 15) is 10.1 Å². The number of nitrogens with zero attached hydrogens (tertiary/aromatic N) is 3. The first-order valence-electron chi connectivity index (χ1n) is 5.20. The molecule has 0 aliphatic heterocycles. The van der Waals surface area contributed by atoms with Crippen molar-refractivity contribution < 1.29 is 4.92 Å². The van der Waals surface area contributed by atoms with Crippen molar-refractivity contribution in [3.8, 4) is 0 Å². The number of nitro groups is 1. The standard InChI is InChI=1S/C12H10N4O2/c17-16(18)12-6-2-1-5-11(12)15-14-9-10-4-3-7-13-8-10/h1-9,15H/b14-9-. The molecule has 6 nitrogen and oxygen atoms in total. The first kappa shape index (κ1) is 11.7. The van der Waals surface area contributed by atoms with Crippen molar-refractivity contribution in [2.75, 3.05) is 5.43 Å². The third-order valence-corrected chi connectivity index (χ3v) is 2.18. The predicted molar refractivity (Wildman–Crippen MR) is 68.6 cm³/mol. The fourth-order valence-corrected chi connectivity index (χ4v) is 1.36. The molecule has 0 saturated carbocycles. The molecule has 1 N–H and O–H groups in total. The second kappa shape index (κ2) is 5.53. The maximum Gasteiger partial charge on any atom is 0.294 e. The molecule has 18 heavy (non-hydrogen) atoms. The van der Waals surface area contributed by atoms with Gasteiger partial charge in [-0.05, 0) is 12.1 Å². The van der Waals surface area contributed by atoms with E-state index in [1.54, 1.807) is 42.9 Å². The van der Waals surface area contributed by atoms with E-state index in [4.69, 9.17) is 0 Å². The number of hydrazone groups is 1. The van der Waals surface area contributed by atoms with Crippen LogP contribution in [0.15, 0.2) is 53.9 Å². The maximum atomic E-state index is 10.8. The average Bonchev–Trinajstić information content (AvgIpc) is 2.40. The highest BCUT2D eigenvalue weighted by Crippen LogP contribution is 2.22. The monoisotopic (exact) mass is 242 g/mol. The van der Waals surface area contributed by atoms with Crippen LogP contribution in [0.3, 0.4) is 0 Å². The summed E-state index contributed by atoms with van der Waals surface area (Å²) in [4.78, 5) is 14.2. The zero-order valence-electron chi connectivity index (χ0n) is 9.35. The molecule has 1 aromatic carbocycles. The second-order valence-electron chi connectivity index (χ2n) is 3.43. The minimum atomic E-state index is -0.456. The lowest BCUT2D eigenvalue weighted by Gasteiger charge is -2.00. The molecule has 0 aliphatic rings. The Hall–Kier alpha value is -2.76. The number of para-hydroxylation sites is 2. The lowest BCUT2D eigenvalue weighted by Crippen LogP contribution is -1.96. The van der Waals surface area contributed by atoms with E-state index in [1.165, 1.54) is 6.07 Å². The molecule has 2 rings (SSSR count). The smallest absolute Gasteiger partial charge is 0.272 e. The number of nitrogens with one attached hydrogen (secondary N) is 1. The molecule has 6 heteroatoms. The van der Waals surface area contributed by atoms with Crippen LogP contribution in [-0.2, 0) is 0 Å². The minimum Gasteiger partial charge on any atom is -0.272 e. The fourth-order valence-electron chi connectivity index (χ4n) is 1.36. The van der Waals surface area contributed by atoms with Gasteiger partial charge in [0.15, 0.2) is 0 Å². The van der Waals surface area contributed by atoms with Crippen LogP contribution in [0.1, 0.15) is 5.56 Å². The topological polar surface area (TPSA) is 80.4 Å². The zero-order chi connectivity index (χ0) is 12.8. The molecule has 0 unspecified atom stereocenters. The molecule has 1 heterocycles. The average molecular weight is 242 g/mol. The maximum absolute atomic E-state index is 10.8. The molecular formula is C12H10N4O2. The Bertz CT molecular complexity index is 569. The van der Waals surface area contributed by atoms with E-state index in [0.717, 1.165) is 5.56 Å². The fraction of sp³-hybridized carbons (Fsp3) is 0. The highest BCUT2D eigenvalue weighted by Gasteiger charge is 2.10. The van der Waals surface area contributed by atoms with Crippen molar-refractivity contribution in [2.45, 2.75) is 0 Å². The molecule has 0 spiro atoms. The summed E-state index contributed by atoms with van der Waals surface area (Å²) in [5, 5.41) is 14.7. The number of anilines is 1. The van der Waals surface area contributed by atoms with E-state index in [-0.39, 0.29) is 5.69 Å². The van der Waals surface area contributed by atoms with E-state index in [2.05, 4.69) is 15.5 Å². The number of benzene rings is 1. The third kappa shape index (κ3) is 2.88. The number of hydrogen-bond donors (Lipinski definition) is 1. The van der Waals surface area contributed by atoms with Gasteiger partial charge >= 0.3 is 0 Å². The molecular weight excluding hydrogens is 232 g/mol. The lowest BCUT2D eigenvalue weighted by atomic mass is 10.3. The Morgan fingerprint density at radius 2 is 2.11 bits per heavy atom. The van der Waals surface area contributed by atoms with Crippen molar-refractivity contribution in [1.29, 1.82) is 0 Å². The summed E-state index contributed by atoms with van der Waals surface area (Å²) in [7, 11) is 0. The Morgan fingerprint density at radius 3 is 2.83 bits per heavy atom. The van der Waals surface area contributed by atoms with Gasteiger partial charge in [-0.2, -0.15) is 5.10 Å². The van der Waals surface area contributed by atoms with Crippen LogP contribution in [0.4, 0.5) is 11.4 Å². The van der Waals surface area contributed by atoms with Crippen molar-refractivity contribution in [1.82, 2.24) is 4.98 Å². The molecule has 0 radical (unpaired) electrons. The normalized spacial score (nSPS) is 10.4. The molecule has 1 aromatic heterocycles. The van der Waals surface area contributed by atoms with Gasteiger partial charge in [-0.3, -0.25) is 20.5 Å². The largest absolute Gasteiger partial charge is 0.294 e. The Kier molecular flexibility index (Phi) is 3.60. The molecule has 0 atom stereocenters. The number of rotatable bonds is 4. The Labute approximate surface area is 103 Å². The highest BCUT2D eigenvalue weighted by molar-refractivity contribution is 5.79. The van der Waals surface area contributed by atoms with Gasteiger partial charge in [0, 0.05) is 24.0 Å². The van der Waals surface area contributed by atoms with Gasteiger partial charge in [0.2, 0.25) is 0 Å². The van der Waals surface area contributed by atoms with Gasteiger partial charge in [-0.25, -0.2) is 0 Å². The van der Waals surface area contributed by atoms with E-state index in [0.29, 0.717) is 5.69 Å². The van der Waals surface area contributed by atoms with Gasteiger partial charge < -0.3 is 0 Å². The Balaban J connectivity index is 2.11. The van der Waals surface area contributed by atoms with Crippen molar-refractivity contribution >= 4 is 17.6 Å². The van der Waals surface area contributed by atoms with Crippen LogP contribution in [0.25, 0.3) is 0 Å². The number of pyridine rings is 1. The molecule has 0 bridgehead atoms. The molecule has 0 aliphatic carbocycles. The molecule has 90 valence electrons. The van der Waals surface area contributed by atoms with Crippen LogP contribution in [0.2, 0.25) is 0 Å². The van der Waals surface area contributed by atoms with Gasteiger partial charge in [-0.15, -0.1) is 0 Å². The number of nitro benzene ring substituents is 1. The summed E-state index contributed by atoms with van der Waals surface area (Å²) in [6.07, 6.45) is 4.85. The van der Waals surface area contributed by atoms with Gasteiger partial charge in [-0.1, -0.05) is 18.2 Å². The van der Waals surface area contributed by atoms with Crippen molar-refractivity contribution in [3.63, 3.8) is 0 Å². The third-order valence-electron chi connectivity index (χ3n) is 2.18. The summed E-state index contributed by atoms with van der Waals surface area (Å²) in [5.74, 6) is 0. The second-order valence-corrected chi connectivity index (χ2v) is 3.43. The molecule has 0 saturated heterocycles. The minimum absolute atomic E-state index is 0.0131.